The molecule has 0 aliphatic heterocycles. The van der Waals surface area contributed by atoms with Gasteiger partial charge in [0.2, 0.25) is 5.91 Å². The number of rotatable bonds is 7. The van der Waals surface area contributed by atoms with Gasteiger partial charge in [-0.1, -0.05) is 62.9 Å². The molecular weight excluding hydrogens is 384 g/mol. The van der Waals surface area contributed by atoms with Gasteiger partial charge in [-0.05, 0) is 35.2 Å². The molecule has 0 atom stereocenters. The minimum absolute atomic E-state index is 0.0825. The van der Waals surface area contributed by atoms with Gasteiger partial charge >= 0.3 is 0 Å². The van der Waals surface area contributed by atoms with Gasteiger partial charge in [0.15, 0.2) is 11.0 Å². The van der Waals surface area contributed by atoms with Gasteiger partial charge in [0.05, 0.1) is 5.75 Å². The molecule has 0 radical (unpaired) electrons. The predicted octanol–water partition coefficient (Wildman–Crippen LogP) is 4.42. The van der Waals surface area contributed by atoms with E-state index in [1.54, 1.807) is 0 Å². The Morgan fingerprint density at radius 2 is 1.76 bits per heavy atom. The van der Waals surface area contributed by atoms with Crippen molar-refractivity contribution < 1.29 is 9.53 Å². The van der Waals surface area contributed by atoms with Gasteiger partial charge in [-0.2, -0.15) is 0 Å². The van der Waals surface area contributed by atoms with Crippen molar-refractivity contribution >= 4 is 23.4 Å². The van der Waals surface area contributed by atoms with Crippen molar-refractivity contribution in [3.63, 3.8) is 0 Å². The molecule has 2 aromatic carbocycles. The van der Waals surface area contributed by atoms with Crippen LogP contribution in [0.2, 0.25) is 0 Å². The molecule has 6 nitrogen and oxygen atoms in total. The van der Waals surface area contributed by atoms with Crippen LogP contribution in [-0.4, -0.2) is 26.4 Å². The molecule has 1 heterocycles. The number of aromatic nitrogens is 3. The van der Waals surface area contributed by atoms with E-state index < -0.39 is 0 Å². The molecule has 0 spiro atoms. The van der Waals surface area contributed by atoms with Crippen LogP contribution in [-0.2, 0) is 23.9 Å². The van der Waals surface area contributed by atoms with E-state index in [1.165, 1.54) is 17.3 Å². The smallest absolute Gasteiger partial charge is 0.234 e. The van der Waals surface area contributed by atoms with Crippen molar-refractivity contribution in [2.24, 2.45) is 7.05 Å². The molecule has 0 bridgehead atoms. The Bertz CT molecular complexity index is 947. The monoisotopic (exact) mass is 410 g/mol. The molecule has 152 valence electrons. The zero-order valence-corrected chi connectivity index (χ0v) is 18.0. The lowest BCUT2D eigenvalue weighted by Gasteiger charge is -2.19. The third-order valence-electron chi connectivity index (χ3n) is 4.40. The Kier molecular flexibility index (Phi) is 6.59. The summed E-state index contributed by atoms with van der Waals surface area (Å²) >= 11 is 1.34. The molecule has 0 aliphatic rings. The first-order valence-corrected chi connectivity index (χ1v) is 10.4. The topological polar surface area (TPSA) is 69.0 Å². The largest absolute Gasteiger partial charge is 0.486 e. The van der Waals surface area contributed by atoms with E-state index >= 15 is 0 Å². The zero-order valence-electron chi connectivity index (χ0n) is 17.2. The summed E-state index contributed by atoms with van der Waals surface area (Å²) < 4.78 is 7.70. The fourth-order valence-corrected chi connectivity index (χ4v) is 3.37. The van der Waals surface area contributed by atoms with E-state index in [4.69, 9.17) is 4.74 Å². The fourth-order valence-electron chi connectivity index (χ4n) is 2.64. The summed E-state index contributed by atoms with van der Waals surface area (Å²) in [4.78, 5) is 12.1. The number of hydrogen-bond acceptors (Lipinski definition) is 5. The number of carbonyl (C=O) groups excluding carboxylic acids is 1. The molecular formula is C22H26N4O2S. The number of amides is 1. The molecule has 0 aliphatic carbocycles. The van der Waals surface area contributed by atoms with Gasteiger partial charge in [0.1, 0.15) is 12.4 Å². The number of thioether (sulfide) groups is 1. The SMILES string of the molecule is Cn1c(COc2ccc(C(C)(C)C)cc2)nnc1SCC(=O)Nc1ccccc1. The fraction of sp³-hybridized carbons (Fsp3) is 0.318. The van der Waals surface area contributed by atoms with Gasteiger partial charge in [-0.3, -0.25) is 4.79 Å². The highest BCUT2D eigenvalue weighted by molar-refractivity contribution is 7.99. The van der Waals surface area contributed by atoms with Crippen LogP contribution in [0.4, 0.5) is 5.69 Å². The van der Waals surface area contributed by atoms with E-state index in [0.717, 1.165) is 11.4 Å². The lowest BCUT2D eigenvalue weighted by Crippen LogP contribution is -2.14. The molecule has 0 saturated carbocycles. The number of ether oxygens (including phenoxy) is 1. The Labute approximate surface area is 175 Å². The van der Waals surface area contributed by atoms with Gasteiger partial charge in [-0.15, -0.1) is 10.2 Å². The first kappa shape index (κ1) is 20.9. The Hall–Kier alpha value is -2.80. The standard InChI is InChI=1S/C22H26N4O2S/c1-22(2,3)16-10-12-18(13-11-16)28-14-19-24-25-21(26(19)4)29-15-20(27)23-17-8-6-5-7-9-17/h5-13H,14-15H2,1-4H3,(H,23,27). The highest BCUT2D eigenvalue weighted by Crippen LogP contribution is 2.24. The van der Waals surface area contributed by atoms with E-state index in [-0.39, 0.29) is 17.1 Å². The third-order valence-corrected chi connectivity index (χ3v) is 5.42. The van der Waals surface area contributed by atoms with Crippen LogP contribution in [0, 0.1) is 0 Å². The average Bonchev–Trinajstić information content (AvgIpc) is 3.05. The molecule has 0 fully saturated rings. The van der Waals surface area contributed by atoms with Crippen molar-refractivity contribution in [1.29, 1.82) is 0 Å². The number of nitrogens with one attached hydrogen (secondary N) is 1. The molecule has 1 amide bonds. The summed E-state index contributed by atoms with van der Waals surface area (Å²) in [6, 6.07) is 17.5. The van der Waals surface area contributed by atoms with Crippen molar-refractivity contribution in [3.05, 3.63) is 66.0 Å². The number of hydrogen-bond donors (Lipinski definition) is 1. The molecule has 3 aromatic rings. The molecule has 29 heavy (non-hydrogen) atoms. The number of carbonyl (C=O) groups is 1. The summed E-state index contributed by atoms with van der Waals surface area (Å²) in [6.45, 7) is 6.86. The Balaban J connectivity index is 1.52. The maximum absolute atomic E-state index is 12.1. The van der Waals surface area contributed by atoms with Crippen LogP contribution in [0.3, 0.4) is 0 Å². The normalized spacial score (nSPS) is 11.3. The second-order valence-electron chi connectivity index (χ2n) is 7.72. The van der Waals surface area contributed by atoms with E-state index in [1.807, 2.05) is 54.1 Å². The zero-order chi connectivity index (χ0) is 20.9. The first-order chi connectivity index (χ1) is 13.8. The Morgan fingerprint density at radius 3 is 2.41 bits per heavy atom. The molecule has 7 heteroatoms. The molecule has 3 rings (SSSR count). The second kappa shape index (κ2) is 9.13. The lowest BCUT2D eigenvalue weighted by atomic mass is 9.87. The molecule has 1 aromatic heterocycles. The summed E-state index contributed by atoms with van der Waals surface area (Å²) in [5.41, 5.74) is 2.15. The first-order valence-electron chi connectivity index (χ1n) is 9.42. The maximum atomic E-state index is 12.1. The summed E-state index contributed by atoms with van der Waals surface area (Å²) in [7, 11) is 1.87. The van der Waals surface area contributed by atoms with Crippen molar-refractivity contribution in [2.75, 3.05) is 11.1 Å². The van der Waals surface area contributed by atoms with Crippen molar-refractivity contribution in [1.82, 2.24) is 14.8 Å². The second-order valence-corrected chi connectivity index (χ2v) is 8.67. The molecule has 1 N–H and O–H groups in total. The van der Waals surface area contributed by atoms with Crippen LogP contribution >= 0.6 is 11.8 Å². The van der Waals surface area contributed by atoms with E-state index in [0.29, 0.717) is 17.6 Å². The van der Waals surface area contributed by atoms with Crippen molar-refractivity contribution in [3.8, 4) is 5.75 Å². The Morgan fingerprint density at radius 1 is 1.07 bits per heavy atom. The minimum atomic E-state index is -0.0825. The average molecular weight is 411 g/mol. The van der Waals surface area contributed by atoms with Crippen LogP contribution in [0.5, 0.6) is 5.75 Å². The number of anilines is 1. The van der Waals surface area contributed by atoms with Gasteiger partial charge in [0, 0.05) is 12.7 Å². The van der Waals surface area contributed by atoms with E-state index in [2.05, 4.69) is 48.4 Å². The lowest BCUT2D eigenvalue weighted by molar-refractivity contribution is -0.113. The third kappa shape index (κ3) is 5.84. The predicted molar refractivity (Wildman–Crippen MR) is 116 cm³/mol. The summed E-state index contributed by atoms with van der Waals surface area (Å²) in [6.07, 6.45) is 0. The van der Waals surface area contributed by atoms with Gasteiger partial charge < -0.3 is 14.6 Å². The number of nitrogens with zero attached hydrogens (tertiary/aromatic N) is 3. The quantitative estimate of drug-likeness (QED) is 0.584. The van der Waals surface area contributed by atoms with Gasteiger partial charge in [0.25, 0.3) is 0 Å². The van der Waals surface area contributed by atoms with Crippen molar-refractivity contribution in [2.45, 2.75) is 37.9 Å². The highest BCUT2D eigenvalue weighted by Gasteiger charge is 2.14. The van der Waals surface area contributed by atoms with Gasteiger partial charge in [-0.25, -0.2) is 0 Å². The minimum Gasteiger partial charge on any atom is -0.486 e. The highest BCUT2D eigenvalue weighted by atomic mass is 32.2. The van der Waals surface area contributed by atoms with Crippen LogP contribution < -0.4 is 10.1 Å². The molecule has 0 unspecified atom stereocenters. The van der Waals surface area contributed by atoms with Crippen LogP contribution in [0.1, 0.15) is 32.2 Å². The van der Waals surface area contributed by atoms with Crippen LogP contribution in [0.15, 0.2) is 59.8 Å². The molecule has 0 saturated heterocycles. The number of benzene rings is 2. The van der Waals surface area contributed by atoms with E-state index in [9.17, 15) is 4.79 Å². The summed E-state index contributed by atoms with van der Waals surface area (Å²) in [5, 5.41) is 11.9. The number of para-hydroxylation sites is 1. The maximum Gasteiger partial charge on any atom is 0.234 e. The summed E-state index contributed by atoms with van der Waals surface area (Å²) in [5.74, 6) is 1.67. The van der Waals surface area contributed by atoms with Crippen LogP contribution in [0.25, 0.3) is 0 Å².